The minimum Gasteiger partial charge on any atom is -0.378 e. The van der Waals surface area contributed by atoms with Crippen molar-refractivity contribution in [3.05, 3.63) is 65.2 Å². The molecule has 1 saturated heterocycles. The molecule has 3 N–H and O–H groups in total. The number of morpholine rings is 1. The van der Waals surface area contributed by atoms with Gasteiger partial charge < -0.3 is 25.6 Å². The summed E-state index contributed by atoms with van der Waals surface area (Å²) in [5.41, 5.74) is 9.18. The molecule has 8 nitrogen and oxygen atoms in total. The largest absolute Gasteiger partial charge is 0.378 e. The van der Waals surface area contributed by atoms with Gasteiger partial charge in [-0.15, -0.1) is 0 Å². The molecule has 2 aliphatic rings. The van der Waals surface area contributed by atoms with Crippen molar-refractivity contribution in [3.8, 4) is 6.07 Å². The van der Waals surface area contributed by atoms with E-state index in [4.69, 9.17) is 15.7 Å². The third kappa shape index (κ3) is 5.74. The molecule has 0 bridgehead atoms. The van der Waals surface area contributed by atoms with Gasteiger partial charge in [0.1, 0.15) is 0 Å². The number of hydrogen-bond donors (Lipinski definition) is 2. The van der Waals surface area contributed by atoms with Crippen molar-refractivity contribution < 1.29 is 14.3 Å². The SMILES string of the molecule is N#Cc1ccc(C(=O)N(Cc2ccc(NC(=O)N3CCOCC3)cc2)C2CCCCC2N)cc1. The third-order valence-corrected chi connectivity index (χ3v) is 6.56. The summed E-state index contributed by atoms with van der Waals surface area (Å²) in [6, 6.07) is 16.2. The molecule has 34 heavy (non-hydrogen) atoms. The Labute approximate surface area is 200 Å². The van der Waals surface area contributed by atoms with Crippen LogP contribution in [0.2, 0.25) is 0 Å². The molecule has 1 heterocycles. The number of amides is 3. The third-order valence-electron chi connectivity index (χ3n) is 6.56. The Kier molecular flexibility index (Phi) is 7.78. The van der Waals surface area contributed by atoms with Crippen molar-refractivity contribution in [3.63, 3.8) is 0 Å². The van der Waals surface area contributed by atoms with E-state index in [0.717, 1.165) is 31.2 Å². The van der Waals surface area contributed by atoms with Gasteiger partial charge in [-0.3, -0.25) is 4.79 Å². The van der Waals surface area contributed by atoms with E-state index in [1.54, 1.807) is 29.2 Å². The second-order valence-corrected chi connectivity index (χ2v) is 8.86. The van der Waals surface area contributed by atoms with E-state index in [0.29, 0.717) is 49.7 Å². The van der Waals surface area contributed by atoms with E-state index in [1.807, 2.05) is 29.2 Å². The average Bonchev–Trinajstić information content (AvgIpc) is 2.89. The summed E-state index contributed by atoms with van der Waals surface area (Å²) in [5.74, 6) is -0.0865. The van der Waals surface area contributed by atoms with Gasteiger partial charge in [-0.1, -0.05) is 25.0 Å². The summed E-state index contributed by atoms with van der Waals surface area (Å²) in [4.78, 5) is 29.5. The molecule has 1 aliphatic heterocycles. The maximum Gasteiger partial charge on any atom is 0.321 e. The number of rotatable bonds is 5. The van der Waals surface area contributed by atoms with E-state index in [9.17, 15) is 9.59 Å². The molecule has 2 unspecified atom stereocenters. The van der Waals surface area contributed by atoms with Crippen molar-refractivity contribution in [1.82, 2.24) is 9.80 Å². The van der Waals surface area contributed by atoms with Crippen molar-refractivity contribution in [2.45, 2.75) is 44.3 Å². The lowest BCUT2D eigenvalue weighted by Gasteiger charge is -2.38. The lowest BCUT2D eigenvalue weighted by molar-refractivity contribution is 0.0564. The highest BCUT2D eigenvalue weighted by Gasteiger charge is 2.31. The summed E-state index contributed by atoms with van der Waals surface area (Å²) >= 11 is 0. The average molecular weight is 462 g/mol. The van der Waals surface area contributed by atoms with Crippen molar-refractivity contribution >= 4 is 17.6 Å². The van der Waals surface area contributed by atoms with Gasteiger partial charge in [-0.05, 0) is 54.8 Å². The summed E-state index contributed by atoms with van der Waals surface area (Å²) in [5, 5.41) is 12.0. The van der Waals surface area contributed by atoms with Gasteiger partial charge in [-0.25, -0.2) is 4.79 Å². The summed E-state index contributed by atoms with van der Waals surface area (Å²) in [7, 11) is 0. The lowest BCUT2D eigenvalue weighted by atomic mass is 9.89. The van der Waals surface area contributed by atoms with Crippen LogP contribution in [0, 0.1) is 11.3 Å². The van der Waals surface area contributed by atoms with Crippen molar-refractivity contribution in [1.29, 1.82) is 5.26 Å². The highest BCUT2D eigenvalue weighted by atomic mass is 16.5. The highest BCUT2D eigenvalue weighted by molar-refractivity contribution is 5.94. The maximum atomic E-state index is 13.5. The monoisotopic (exact) mass is 461 g/mol. The predicted molar refractivity (Wildman–Crippen MR) is 129 cm³/mol. The fraction of sp³-hybridized carbons (Fsp3) is 0.423. The summed E-state index contributed by atoms with van der Waals surface area (Å²) in [6.45, 7) is 2.70. The number of nitriles is 1. The number of nitrogens with two attached hydrogens (primary N) is 1. The highest BCUT2D eigenvalue weighted by Crippen LogP contribution is 2.26. The fourth-order valence-electron chi connectivity index (χ4n) is 4.58. The standard InChI is InChI=1S/C26H31N5O3/c27-17-19-5-9-21(10-6-19)25(32)31(24-4-2-1-3-23(24)28)18-20-7-11-22(12-8-20)29-26(33)30-13-15-34-16-14-30/h5-12,23-24H,1-4,13-16,18,28H2,(H,29,33). The molecule has 0 radical (unpaired) electrons. The number of benzene rings is 2. The number of urea groups is 1. The molecule has 1 aliphatic carbocycles. The first-order valence-electron chi connectivity index (χ1n) is 11.8. The van der Waals surface area contributed by atoms with Crippen LogP contribution in [-0.2, 0) is 11.3 Å². The Morgan fingerprint density at radius 2 is 1.74 bits per heavy atom. The van der Waals surface area contributed by atoms with E-state index in [-0.39, 0.29) is 24.0 Å². The van der Waals surface area contributed by atoms with Crippen LogP contribution >= 0.6 is 0 Å². The fourth-order valence-corrected chi connectivity index (χ4v) is 4.58. The molecule has 8 heteroatoms. The summed E-state index contributed by atoms with van der Waals surface area (Å²) < 4.78 is 5.30. The second-order valence-electron chi connectivity index (χ2n) is 8.86. The molecular weight excluding hydrogens is 430 g/mol. The zero-order valence-corrected chi connectivity index (χ0v) is 19.3. The van der Waals surface area contributed by atoms with Crippen LogP contribution in [0.4, 0.5) is 10.5 Å². The molecule has 1 saturated carbocycles. The van der Waals surface area contributed by atoms with Gasteiger partial charge >= 0.3 is 6.03 Å². The Morgan fingerprint density at radius 1 is 1.06 bits per heavy atom. The smallest absolute Gasteiger partial charge is 0.321 e. The lowest BCUT2D eigenvalue weighted by Crippen LogP contribution is -2.51. The molecule has 0 aromatic heterocycles. The Hall–Kier alpha value is -3.41. The zero-order valence-electron chi connectivity index (χ0n) is 19.3. The first kappa shape index (κ1) is 23.7. The van der Waals surface area contributed by atoms with E-state index >= 15 is 0 Å². The number of ether oxygens (including phenoxy) is 1. The van der Waals surface area contributed by atoms with Crippen LogP contribution in [0.15, 0.2) is 48.5 Å². The second kappa shape index (κ2) is 11.1. The van der Waals surface area contributed by atoms with Crippen LogP contribution < -0.4 is 11.1 Å². The number of nitrogens with one attached hydrogen (secondary N) is 1. The van der Waals surface area contributed by atoms with Crippen LogP contribution in [0.3, 0.4) is 0 Å². The molecule has 2 aromatic carbocycles. The number of anilines is 1. The van der Waals surface area contributed by atoms with E-state index in [2.05, 4.69) is 11.4 Å². The topological polar surface area (TPSA) is 112 Å². The van der Waals surface area contributed by atoms with Gasteiger partial charge in [0.05, 0.1) is 24.8 Å². The van der Waals surface area contributed by atoms with Crippen LogP contribution in [0.5, 0.6) is 0 Å². The van der Waals surface area contributed by atoms with Crippen LogP contribution in [0.25, 0.3) is 0 Å². The van der Waals surface area contributed by atoms with Crippen LogP contribution in [0.1, 0.15) is 47.2 Å². The van der Waals surface area contributed by atoms with E-state index < -0.39 is 0 Å². The number of carbonyl (C=O) groups is 2. The number of nitrogens with zero attached hydrogens (tertiary/aromatic N) is 3. The molecular formula is C26H31N5O3. The Morgan fingerprint density at radius 3 is 2.38 bits per heavy atom. The van der Waals surface area contributed by atoms with Gasteiger partial charge in [0.2, 0.25) is 0 Å². The summed E-state index contributed by atoms with van der Waals surface area (Å²) in [6.07, 6.45) is 3.89. The van der Waals surface area contributed by atoms with Crippen LogP contribution in [-0.4, -0.2) is 60.1 Å². The predicted octanol–water partition coefficient (Wildman–Crippen LogP) is 3.33. The molecule has 2 atom stereocenters. The van der Waals surface area contributed by atoms with Crippen molar-refractivity contribution in [2.24, 2.45) is 5.73 Å². The van der Waals surface area contributed by atoms with E-state index in [1.165, 1.54) is 0 Å². The first-order valence-corrected chi connectivity index (χ1v) is 11.8. The Balaban J connectivity index is 1.48. The zero-order chi connectivity index (χ0) is 23.9. The minimum absolute atomic E-state index is 0.0439. The molecule has 0 spiro atoms. The normalized spacial score (nSPS) is 20.3. The molecule has 2 aromatic rings. The van der Waals surface area contributed by atoms with Gasteiger partial charge in [0.15, 0.2) is 0 Å². The minimum atomic E-state index is -0.137. The molecule has 2 fully saturated rings. The number of hydrogen-bond acceptors (Lipinski definition) is 5. The van der Waals surface area contributed by atoms with Gasteiger partial charge in [0, 0.05) is 43.0 Å². The molecule has 178 valence electrons. The number of carbonyl (C=O) groups excluding carboxylic acids is 2. The van der Waals surface area contributed by atoms with Gasteiger partial charge in [0.25, 0.3) is 5.91 Å². The molecule has 3 amide bonds. The Bertz CT molecular complexity index is 1030. The van der Waals surface area contributed by atoms with Crippen molar-refractivity contribution in [2.75, 3.05) is 31.6 Å². The maximum absolute atomic E-state index is 13.5. The quantitative estimate of drug-likeness (QED) is 0.709. The van der Waals surface area contributed by atoms with Gasteiger partial charge in [-0.2, -0.15) is 5.26 Å². The molecule has 4 rings (SSSR count). The first-order chi connectivity index (χ1) is 16.5.